The van der Waals surface area contributed by atoms with Gasteiger partial charge in [0.2, 0.25) is 5.88 Å². The van der Waals surface area contributed by atoms with E-state index in [0.717, 1.165) is 22.6 Å². The van der Waals surface area contributed by atoms with Crippen LogP contribution in [-0.4, -0.2) is 14.1 Å². The van der Waals surface area contributed by atoms with Crippen molar-refractivity contribution in [1.29, 1.82) is 5.26 Å². The number of nitrogens with two attached hydrogens (primary N) is 1. The molecule has 144 valence electrons. The molecule has 5 nitrogen and oxygen atoms in total. The van der Waals surface area contributed by atoms with E-state index >= 15 is 0 Å². The van der Waals surface area contributed by atoms with Crippen LogP contribution in [-0.2, 0) is 0 Å². The molecule has 0 amide bonds. The first-order valence-corrected chi connectivity index (χ1v) is 9.28. The first-order chi connectivity index (χ1) is 14.1. The third kappa shape index (κ3) is 3.61. The molecule has 2 N–H and O–H groups in total. The van der Waals surface area contributed by atoms with Gasteiger partial charge in [0.05, 0.1) is 5.92 Å². The van der Waals surface area contributed by atoms with Gasteiger partial charge in [-0.15, -0.1) is 0 Å². The summed E-state index contributed by atoms with van der Waals surface area (Å²) in [6.45, 7) is 0. The summed E-state index contributed by atoms with van der Waals surface area (Å²) >= 11 is 0. The highest BCUT2D eigenvalue weighted by atomic mass is 16.5. The Morgan fingerprint density at radius 2 is 1.72 bits per heavy atom. The van der Waals surface area contributed by atoms with Crippen LogP contribution in [0.25, 0.3) is 0 Å². The molecule has 0 bridgehead atoms. The van der Waals surface area contributed by atoms with Gasteiger partial charge in [-0.25, -0.2) is 0 Å². The number of anilines is 1. The maximum absolute atomic E-state index is 9.76. The summed E-state index contributed by atoms with van der Waals surface area (Å²) in [5.41, 5.74) is 9.32. The highest BCUT2D eigenvalue weighted by molar-refractivity contribution is 5.61. The van der Waals surface area contributed by atoms with E-state index in [1.807, 2.05) is 91.8 Å². The normalized spacial score (nSPS) is 15.1. The minimum absolute atomic E-state index is 0.135. The Morgan fingerprint density at radius 1 is 0.966 bits per heavy atom. The third-order valence-corrected chi connectivity index (χ3v) is 4.89. The third-order valence-electron chi connectivity index (χ3n) is 4.89. The average molecular weight is 383 g/mol. The number of ether oxygens (including phenoxy) is 2. The summed E-state index contributed by atoms with van der Waals surface area (Å²) in [7, 11) is 3.93. The Balaban J connectivity index is 1.77. The number of para-hydroxylation sites is 1. The number of fused-ring (bicyclic) bond motifs is 1. The van der Waals surface area contributed by atoms with Gasteiger partial charge in [0.15, 0.2) is 0 Å². The predicted molar refractivity (Wildman–Crippen MR) is 113 cm³/mol. The van der Waals surface area contributed by atoms with Gasteiger partial charge in [-0.05, 0) is 35.9 Å². The van der Waals surface area contributed by atoms with E-state index in [0.29, 0.717) is 17.1 Å². The molecule has 29 heavy (non-hydrogen) atoms. The summed E-state index contributed by atoms with van der Waals surface area (Å²) in [5, 5.41) is 9.76. The van der Waals surface area contributed by atoms with Gasteiger partial charge in [0.25, 0.3) is 0 Å². The first-order valence-electron chi connectivity index (χ1n) is 9.28. The molecule has 0 aromatic heterocycles. The fraction of sp³-hybridized carbons (Fsp3) is 0.125. The molecular weight excluding hydrogens is 362 g/mol. The van der Waals surface area contributed by atoms with Crippen molar-refractivity contribution in [1.82, 2.24) is 0 Å². The van der Waals surface area contributed by atoms with Gasteiger partial charge in [-0.1, -0.05) is 36.4 Å². The van der Waals surface area contributed by atoms with Crippen molar-refractivity contribution in [3.63, 3.8) is 0 Å². The molecule has 0 aliphatic carbocycles. The second-order valence-electron chi connectivity index (χ2n) is 7.03. The number of rotatable bonds is 4. The van der Waals surface area contributed by atoms with Crippen LogP contribution in [0.15, 0.2) is 84.3 Å². The minimum atomic E-state index is -0.320. The number of nitrogens with zero attached hydrogens (tertiary/aromatic N) is 2. The van der Waals surface area contributed by atoms with E-state index in [4.69, 9.17) is 15.2 Å². The molecule has 0 radical (unpaired) electrons. The molecule has 4 rings (SSSR count). The Bertz CT molecular complexity index is 1110. The number of hydrogen-bond donors (Lipinski definition) is 1. The number of allylic oxidation sites excluding steroid dienone is 1. The number of hydrogen-bond acceptors (Lipinski definition) is 5. The monoisotopic (exact) mass is 383 g/mol. The molecule has 3 aromatic carbocycles. The zero-order chi connectivity index (χ0) is 20.4. The van der Waals surface area contributed by atoms with Crippen LogP contribution in [0.1, 0.15) is 17.0 Å². The van der Waals surface area contributed by atoms with Crippen molar-refractivity contribution in [2.24, 2.45) is 5.73 Å². The van der Waals surface area contributed by atoms with Gasteiger partial charge in [-0.2, -0.15) is 5.26 Å². The lowest BCUT2D eigenvalue weighted by Gasteiger charge is -2.28. The fourth-order valence-electron chi connectivity index (χ4n) is 3.45. The van der Waals surface area contributed by atoms with Gasteiger partial charge in [-0.3, -0.25) is 0 Å². The maximum Gasteiger partial charge on any atom is 0.205 e. The molecule has 0 saturated carbocycles. The SMILES string of the molecule is CN(C)c1ccc2c(c1)OC(N)=C(C#N)C2c1cccc(Oc2ccccc2)c1. The van der Waals surface area contributed by atoms with Crippen LogP contribution in [0.4, 0.5) is 5.69 Å². The molecule has 0 spiro atoms. The maximum atomic E-state index is 9.76. The van der Waals surface area contributed by atoms with E-state index in [9.17, 15) is 5.26 Å². The zero-order valence-corrected chi connectivity index (χ0v) is 16.3. The number of benzene rings is 3. The summed E-state index contributed by atoms with van der Waals surface area (Å²) in [5.74, 6) is 1.92. The standard InChI is InChI=1S/C24H21N3O2/c1-27(2)17-11-12-20-22(14-17)29-24(26)21(15-25)23(20)16-7-6-10-19(13-16)28-18-8-4-3-5-9-18/h3-14,23H,26H2,1-2H3. The lowest BCUT2D eigenvalue weighted by molar-refractivity contribution is 0.393. The predicted octanol–water partition coefficient (Wildman–Crippen LogP) is 4.76. The van der Waals surface area contributed by atoms with Gasteiger partial charge >= 0.3 is 0 Å². The van der Waals surface area contributed by atoms with Crippen LogP contribution in [0.5, 0.6) is 17.2 Å². The first kappa shape index (κ1) is 18.5. The van der Waals surface area contributed by atoms with E-state index in [1.54, 1.807) is 0 Å². The van der Waals surface area contributed by atoms with E-state index in [-0.39, 0.29) is 11.8 Å². The van der Waals surface area contributed by atoms with Crippen molar-refractivity contribution in [2.75, 3.05) is 19.0 Å². The molecule has 3 aromatic rings. The van der Waals surface area contributed by atoms with Crippen LogP contribution < -0.4 is 20.1 Å². The molecule has 1 aliphatic heterocycles. The second-order valence-corrected chi connectivity index (χ2v) is 7.03. The summed E-state index contributed by atoms with van der Waals surface area (Å²) in [4.78, 5) is 1.99. The Morgan fingerprint density at radius 3 is 2.45 bits per heavy atom. The molecule has 5 heteroatoms. The van der Waals surface area contributed by atoms with E-state index in [2.05, 4.69) is 6.07 Å². The smallest absolute Gasteiger partial charge is 0.205 e. The highest BCUT2D eigenvalue weighted by Gasteiger charge is 2.31. The van der Waals surface area contributed by atoms with Gasteiger partial charge in [0.1, 0.15) is 28.9 Å². The molecule has 1 aliphatic rings. The van der Waals surface area contributed by atoms with Crippen LogP contribution in [0.3, 0.4) is 0 Å². The Hall–Kier alpha value is -3.91. The van der Waals surface area contributed by atoms with Crippen LogP contribution in [0, 0.1) is 11.3 Å². The van der Waals surface area contributed by atoms with Gasteiger partial charge < -0.3 is 20.1 Å². The average Bonchev–Trinajstić information content (AvgIpc) is 2.73. The fourth-order valence-corrected chi connectivity index (χ4v) is 3.45. The molecule has 0 fully saturated rings. The van der Waals surface area contributed by atoms with Crippen LogP contribution in [0.2, 0.25) is 0 Å². The lowest BCUT2D eigenvalue weighted by Crippen LogP contribution is -2.21. The van der Waals surface area contributed by atoms with Crippen molar-refractivity contribution in [3.8, 4) is 23.3 Å². The molecule has 1 atom stereocenters. The largest absolute Gasteiger partial charge is 0.457 e. The Labute approximate surface area is 170 Å². The van der Waals surface area contributed by atoms with Crippen molar-refractivity contribution in [2.45, 2.75) is 5.92 Å². The topological polar surface area (TPSA) is 71.5 Å². The molecule has 1 heterocycles. The number of nitriles is 1. The van der Waals surface area contributed by atoms with Gasteiger partial charge in [0, 0.05) is 31.4 Å². The highest BCUT2D eigenvalue weighted by Crippen LogP contribution is 2.44. The molecular formula is C24H21N3O2. The Kier molecular flexibility index (Phi) is 4.84. The summed E-state index contributed by atoms with van der Waals surface area (Å²) in [6.07, 6.45) is 0. The molecule has 1 unspecified atom stereocenters. The van der Waals surface area contributed by atoms with Crippen molar-refractivity contribution >= 4 is 5.69 Å². The van der Waals surface area contributed by atoms with Crippen molar-refractivity contribution < 1.29 is 9.47 Å². The van der Waals surface area contributed by atoms with E-state index < -0.39 is 0 Å². The summed E-state index contributed by atoms with van der Waals surface area (Å²) < 4.78 is 11.8. The molecule has 0 saturated heterocycles. The summed E-state index contributed by atoms with van der Waals surface area (Å²) in [6, 6.07) is 25.5. The quantitative estimate of drug-likeness (QED) is 0.703. The second kappa shape index (κ2) is 7.61. The van der Waals surface area contributed by atoms with Crippen LogP contribution >= 0.6 is 0 Å². The zero-order valence-electron chi connectivity index (χ0n) is 16.3. The minimum Gasteiger partial charge on any atom is -0.457 e. The van der Waals surface area contributed by atoms with E-state index in [1.165, 1.54) is 0 Å². The lowest BCUT2D eigenvalue weighted by atomic mass is 9.83. The van der Waals surface area contributed by atoms with Crippen molar-refractivity contribution in [3.05, 3.63) is 95.4 Å².